The quantitative estimate of drug-likeness (QED) is 0.776. The lowest BCUT2D eigenvalue weighted by atomic mass is 9.86. The zero-order valence-electron chi connectivity index (χ0n) is 17.4. The van der Waals surface area contributed by atoms with E-state index in [1.54, 1.807) is 30.3 Å². The molecule has 1 fully saturated rings. The lowest BCUT2D eigenvalue weighted by molar-refractivity contribution is -0.131. The van der Waals surface area contributed by atoms with Gasteiger partial charge in [0, 0.05) is 19.5 Å². The summed E-state index contributed by atoms with van der Waals surface area (Å²) in [7, 11) is -3.58. The molecule has 0 bridgehead atoms. The van der Waals surface area contributed by atoms with Gasteiger partial charge in [-0.3, -0.25) is 4.79 Å². The number of nitrogens with one attached hydrogen (secondary N) is 1. The smallest absolute Gasteiger partial charge is 0.240 e. The predicted molar refractivity (Wildman–Crippen MR) is 115 cm³/mol. The zero-order valence-corrected chi connectivity index (χ0v) is 18.2. The van der Waals surface area contributed by atoms with E-state index in [2.05, 4.69) is 49.8 Å². The Kier molecular flexibility index (Phi) is 6.44. The number of carbonyl (C=O) groups excluding carboxylic acids is 1. The second-order valence-corrected chi connectivity index (χ2v) is 10.3. The molecule has 1 N–H and O–H groups in total. The van der Waals surface area contributed by atoms with Gasteiger partial charge in [0.1, 0.15) is 0 Å². The number of benzene rings is 2. The Balaban J connectivity index is 1.60. The van der Waals surface area contributed by atoms with Gasteiger partial charge in [0.2, 0.25) is 15.9 Å². The van der Waals surface area contributed by atoms with E-state index in [-0.39, 0.29) is 35.2 Å². The number of sulfonamides is 1. The van der Waals surface area contributed by atoms with Crippen molar-refractivity contribution in [2.75, 3.05) is 13.1 Å². The summed E-state index contributed by atoms with van der Waals surface area (Å²) in [5.74, 6) is -0.0110. The molecular weight excluding hydrogens is 384 g/mol. The summed E-state index contributed by atoms with van der Waals surface area (Å²) in [5, 5.41) is 0. The Morgan fingerprint density at radius 1 is 1.07 bits per heavy atom. The van der Waals surface area contributed by atoms with Crippen molar-refractivity contribution < 1.29 is 13.2 Å². The zero-order chi connectivity index (χ0) is 21.1. The van der Waals surface area contributed by atoms with Crippen LogP contribution in [0.2, 0.25) is 0 Å². The lowest BCUT2D eigenvalue weighted by Gasteiger charge is -2.26. The number of likely N-dealkylation sites (tertiary alicyclic amines) is 1. The van der Waals surface area contributed by atoms with Crippen LogP contribution in [-0.4, -0.2) is 32.3 Å². The van der Waals surface area contributed by atoms with E-state index in [4.69, 9.17) is 0 Å². The Labute approximate surface area is 174 Å². The SMILES string of the molecule is CC(C)(C)c1ccc(C2CCCN2C(=O)CCNS(=O)(=O)c2ccccc2)cc1. The monoisotopic (exact) mass is 414 g/mol. The first-order valence-corrected chi connectivity index (χ1v) is 11.6. The largest absolute Gasteiger partial charge is 0.336 e. The maximum atomic E-state index is 12.8. The highest BCUT2D eigenvalue weighted by molar-refractivity contribution is 7.89. The number of hydrogen-bond acceptors (Lipinski definition) is 3. The summed E-state index contributed by atoms with van der Waals surface area (Å²) >= 11 is 0. The van der Waals surface area contributed by atoms with Gasteiger partial charge in [-0.15, -0.1) is 0 Å². The van der Waals surface area contributed by atoms with Crippen molar-refractivity contribution in [3.63, 3.8) is 0 Å². The molecule has 0 saturated carbocycles. The highest BCUT2D eigenvalue weighted by Crippen LogP contribution is 2.33. The summed E-state index contributed by atoms with van der Waals surface area (Å²) in [6.45, 7) is 7.37. The molecule has 29 heavy (non-hydrogen) atoms. The van der Waals surface area contributed by atoms with Crippen LogP contribution in [0.3, 0.4) is 0 Å². The van der Waals surface area contributed by atoms with Gasteiger partial charge in [-0.2, -0.15) is 0 Å². The molecule has 6 heteroatoms. The minimum Gasteiger partial charge on any atom is -0.336 e. The topological polar surface area (TPSA) is 66.5 Å². The normalized spacial score (nSPS) is 17.5. The molecule has 1 aliphatic heterocycles. The molecular formula is C23H30N2O3S. The Morgan fingerprint density at radius 2 is 1.72 bits per heavy atom. The molecule has 1 aliphatic rings. The van der Waals surface area contributed by atoms with Crippen LogP contribution in [0.5, 0.6) is 0 Å². The van der Waals surface area contributed by atoms with E-state index in [1.165, 1.54) is 5.56 Å². The third kappa shape index (κ3) is 5.25. The maximum Gasteiger partial charge on any atom is 0.240 e. The molecule has 1 amide bonds. The van der Waals surface area contributed by atoms with Gasteiger partial charge < -0.3 is 4.90 Å². The van der Waals surface area contributed by atoms with Crippen LogP contribution < -0.4 is 4.72 Å². The molecule has 0 radical (unpaired) electrons. The van der Waals surface area contributed by atoms with E-state index in [0.717, 1.165) is 24.9 Å². The molecule has 0 spiro atoms. The van der Waals surface area contributed by atoms with Crippen molar-refractivity contribution >= 4 is 15.9 Å². The lowest BCUT2D eigenvalue weighted by Crippen LogP contribution is -2.34. The fraction of sp³-hybridized carbons (Fsp3) is 0.435. The number of hydrogen-bond donors (Lipinski definition) is 1. The third-order valence-corrected chi connectivity index (χ3v) is 6.90. The molecule has 2 aromatic carbocycles. The summed E-state index contributed by atoms with van der Waals surface area (Å²) in [6.07, 6.45) is 2.06. The molecule has 156 valence electrons. The predicted octanol–water partition coefficient (Wildman–Crippen LogP) is 4.02. The Bertz CT molecular complexity index is 932. The summed E-state index contributed by atoms with van der Waals surface area (Å²) in [5.41, 5.74) is 2.51. The van der Waals surface area contributed by atoms with Crippen LogP contribution in [0.1, 0.15) is 57.2 Å². The molecule has 5 nitrogen and oxygen atoms in total. The molecule has 3 rings (SSSR count). The van der Waals surface area contributed by atoms with Crippen LogP contribution in [0.4, 0.5) is 0 Å². The number of rotatable bonds is 6. The van der Waals surface area contributed by atoms with Gasteiger partial charge in [-0.25, -0.2) is 13.1 Å². The maximum absolute atomic E-state index is 12.8. The Hall–Kier alpha value is -2.18. The van der Waals surface area contributed by atoms with Crippen molar-refractivity contribution in [1.82, 2.24) is 9.62 Å². The molecule has 0 aromatic heterocycles. The van der Waals surface area contributed by atoms with Gasteiger partial charge in [0.25, 0.3) is 0 Å². The van der Waals surface area contributed by atoms with Gasteiger partial charge in [-0.05, 0) is 41.5 Å². The minimum absolute atomic E-state index is 0.0110. The first kappa shape index (κ1) is 21.5. The van der Waals surface area contributed by atoms with Gasteiger partial charge in [-0.1, -0.05) is 63.2 Å². The molecule has 2 aromatic rings. The first-order chi connectivity index (χ1) is 13.7. The van der Waals surface area contributed by atoms with Gasteiger partial charge in [0.15, 0.2) is 0 Å². The standard InChI is InChI=1S/C23H30N2O3S/c1-23(2,3)19-13-11-18(12-14-19)21-10-7-17-25(21)22(26)15-16-24-29(27,28)20-8-5-4-6-9-20/h4-6,8-9,11-14,21,24H,7,10,15-17H2,1-3H3. The molecule has 1 saturated heterocycles. The molecule has 1 atom stereocenters. The summed E-state index contributed by atoms with van der Waals surface area (Å²) in [4.78, 5) is 14.9. The van der Waals surface area contributed by atoms with Crippen LogP contribution in [0, 0.1) is 0 Å². The van der Waals surface area contributed by atoms with Crippen LogP contribution in [0.15, 0.2) is 59.5 Å². The first-order valence-electron chi connectivity index (χ1n) is 10.1. The average molecular weight is 415 g/mol. The van der Waals surface area contributed by atoms with Gasteiger partial charge >= 0.3 is 0 Å². The van der Waals surface area contributed by atoms with Crippen LogP contribution >= 0.6 is 0 Å². The number of carbonyl (C=O) groups is 1. The molecule has 1 unspecified atom stereocenters. The van der Waals surface area contributed by atoms with E-state index in [9.17, 15) is 13.2 Å². The second-order valence-electron chi connectivity index (χ2n) is 8.58. The van der Waals surface area contributed by atoms with Crippen molar-refractivity contribution in [1.29, 1.82) is 0 Å². The summed E-state index contributed by atoms with van der Waals surface area (Å²) < 4.78 is 27.1. The highest BCUT2D eigenvalue weighted by Gasteiger charge is 2.30. The van der Waals surface area contributed by atoms with E-state index < -0.39 is 10.0 Å². The fourth-order valence-electron chi connectivity index (χ4n) is 3.74. The van der Waals surface area contributed by atoms with Gasteiger partial charge in [0.05, 0.1) is 10.9 Å². The van der Waals surface area contributed by atoms with Crippen LogP contribution in [-0.2, 0) is 20.2 Å². The second kappa shape index (κ2) is 8.67. The van der Waals surface area contributed by atoms with Crippen molar-refractivity contribution in [2.24, 2.45) is 0 Å². The van der Waals surface area contributed by atoms with Crippen LogP contribution in [0.25, 0.3) is 0 Å². The van der Waals surface area contributed by atoms with E-state index >= 15 is 0 Å². The third-order valence-electron chi connectivity index (χ3n) is 5.42. The number of amides is 1. The Morgan fingerprint density at radius 3 is 2.34 bits per heavy atom. The van der Waals surface area contributed by atoms with Crippen molar-refractivity contribution in [2.45, 2.75) is 56.4 Å². The fourth-order valence-corrected chi connectivity index (χ4v) is 4.79. The highest BCUT2D eigenvalue weighted by atomic mass is 32.2. The van der Waals surface area contributed by atoms with Crippen molar-refractivity contribution in [3.05, 3.63) is 65.7 Å². The summed E-state index contributed by atoms with van der Waals surface area (Å²) in [6, 6.07) is 16.8. The molecule has 0 aliphatic carbocycles. The average Bonchev–Trinajstić information content (AvgIpc) is 3.18. The molecule has 1 heterocycles. The minimum atomic E-state index is -3.58. The van der Waals surface area contributed by atoms with E-state index in [0.29, 0.717) is 0 Å². The number of nitrogens with zero attached hydrogens (tertiary/aromatic N) is 1. The van der Waals surface area contributed by atoms with Crippen molar-refractivity contribution in [3.8, 4) is 0 Å². The van der Waals surface area contributed by atoms with E-state index in [1.807, 2.05) is 4.90 Å².